The van der Waals surface area contributed by atoms with Gasteiger partial charge in [-0.15, -0.1) is 0 Å². The van der Waals surface area contributed by atoms with E-state index in [2.05, 4.69) is 64.7 Å². The summed E-state index contributed by atoms with van der Waals surface area (Å²) in [6, 6.07) is 6.73. The number of aromatic nitrogens is 1. The number of hydrogen-bond acceptors (Lipinski definition) is 4. The van der Waals surface area contributed by atoms with Crippen molar-refractivity contribution in [2.75, 3.05) is 11.5 Å². The Morgan fingerprint density at radius 2 is 1.40 bits per heavy atom. The molecule has 4 nitrogen and oxygen atoms in total. The zero-order valence-electron chi connectivity index (χ0n) is 15.9. The number of rotatable bonds is 1. The summed E-state index contributed by atoms with van der Waals surface area (Å²) < 4.78 is 5.55. The molecule has 0 bridgehead atoms. The van der Waals surface area contributed by atoms with Gasteiger partial charge in [-0.05, 0) is 27.5 Å². The molecule has 0 unspecified atom stereocenters. The minimum atomic E-state index is 0.0400. The molecule has 0 fully saturated rings. The zero-order valence-corrected chi connectivity index (χ0v) is 15.9. The molecule has 0 amide bonds. The van der Waals surface area contributed by atoms with E-state index >= 15 is 0 Å². The lowest BCUT2D eigenvalue weighted by molar-refractivity contribution is 0.569. The molecule has 1 aromatic carbocycles. The van der Waals surface area contributed by atoms with Crippen LogP contribution in [0.3, 0.4) is 0 Å². The number of nitrogens with two attached hydrogens (primary N) is 2. The van der Waals surface area contributed by atoms with Crippen LogP contribution in [0, 0.1) is 0 Å². The number of hydrogen-bond donors (Lipinski definition) is 2. The molecule has 4 heteroatoms. The molecule has 25 heavy (non-hydrogen) atoms. The summed E-state index contributed by atoms with van der Waals surface area (Å²) >= 11 is 0. The maximum absolute atomic E-state index is 6.18. The van der Waals surface area contributed by atoms with Crippen LogP contribution in [0.2, 0.25) is 0 Å². The molecule has 0 atom stereocenters. The van der Waals surface area contributed by atoms with E-state index in [-0.39, 0.29) is 16.7 Å². The van der Waals surface area contributed by atoms with Gasteiger partial charge in [0, 0.05) is 11.8 Å². The van der Waals surface area contributed by atoms with Crippen LogP contribution in [0.25, 0.3) is 22.1 Å². The molecular weight excluding hydrogens is 310 g/mol. The fourth-order valence-corrected chi connectivity index (χ4v) is 2.96. The number of fused-ring (bicyclic) bond motifs is 1. The lowest BCUT2D eigenvalue weighted by Gasteiger charge is -2.26. The second-order valence-electron chi connectivity index (χ2n) is 8.74. The van der Waals surface area contributed by atoms with E-state index in [1.165, 1.54) is 11.1 Å². The number of furan rings is 1. The molecule has 0 aliphatic rings. The summed E-state index contributed by atoms with van der Waals surface area (Å²) in [6.07, 6.45) is 3.49. The third kappa shape index (κ3) is 3.09. The van der Waals surface area contributed by atoms with Gasteiger partial charge >= 0.3 is 0 Å². The molecule has 0 radical (unpaired) electrons. The standard InChI is InChI=1S/C21H27N3O/c1-20(2,3)13-7-12(8-14(9-13)21(4,5)6)15-10-24-11-16-17(15)18(22)19(23)25-16/h7-11H,22-23H2,1-6H3. The van der Waals surface area contributed by atoms with Crippen molar-refractivity contribution < 1.29 is 4.42 Å². The fraction of sp³-hybridized carbons (Fsp3) is 0.381. The van der Waals surface area contributed by atoms with Gasteiger partial charge in [0.05, 0.1) is 11.6 Å². The van der Waals surface area contributed by atoms with Gasteiger partial charge in [-0.1, -0.05) is 59.7 Å². The Balaban J connectivity index is 2.34. The van der Waals surface area contributed by atoms with Gasteiger partial charge in [-0.2, -0.15) is 0 Å². The van der Waals surface area contributed by atoms with E-state index in [4.69, 9.17) is 15.9 Å². The monoisotopic (exact) mass is 337 g/mol. The van der Waals surface area contributed by atoms with Gasteiger partial charge in [-0.25, -0.2) is 0 Å². The summed E-state index contributed by atoms with van der Waals surface area (Å²) in [5.41, 5.74) is 17.8. The Hall–Kier alpha value is -2.49. The molecule has 0 aliphatic carbocycles. The van der Waals surface area contributed by atoms with E-state index in [0.717, 1.165) is 16.5 Å². The largest absolute Gasteiger partial charge is 0.437 e. The Morgan fingerprint density at radius 3 is 1.92 bits per heavy atom. The summed E-state index contributed by atoms with van der Waals surface area (Å²) in [7, 11) is 0. The molecule has 2 heterocycles. The van der Waals surface area contributed by atoms with Crippen LogP contribution in [0.5, 0.6) is 0 Å². The van der Waals surface area contributed by atoms with Gasteiger partial charge in [0.25, 0.3) is 0 Å². The summed E-state index contributed by atoms with van der Waals surface area (Å²) in [4.78, 5) is 4.32. The quantitative estimate of drug-likeness (QED) is 0.635. The second kappa shape index (κ2) is 5.51. The van der Waals surface area contributed by atoms with Crippen LogP contribution in [0.4, 0.5) is 11.6 Å². The van der Waals surface area contributed by atoms with Crippen LogP contribution in [-0.4, -0.2) is 4.98 Å². The van der Waals surface area contributed by atoms with Crippen molar-refractivity contribution in [2.45, 2.75) is 52.4 Å². The highest BCUT2D eigenvalue weighted by Gasteiger charge is 2.22. The number of anilines is 2. The summed E-state index contributed by atoms with van der Waals surface area (Å²) in [5, 5.41) is 0.832. The maximum Gasteiger partial charge on any atom is 0.214 e. The topological polar surface area (TPSA) is 78.1 Å². The molecule has 0 saturated carbocycles. The molecule has 2 aromatic heterocycles. The van der Waals surface area contributed by atoms with Crippen LogP contribution in [0.1, 0.15) is 52.7 Å². The maximum atomic E-state index is 6.18. The minimum absolute atomic E-state index is 0.0400. The normalized spacial score (nSPS) is 12.7. The highest BCUT2D eigenvalue weighted by molar-refractivity contribution is 6.05. The summed E-state index contributed by atoms with van der Waals surface area (Å²) in [5.74, 6) is 0.243. The van der Waals surface area contributed by atoms with Crippen molar-refractivity contribution in [1.29, 1.82) is 0 Å². The van der Waals surface area contributed by atoms with Crippen LogP contribution in [0.15, 0.2) is 35.0 Å². The zero-order chi connectivity index (χ0) is 18.6. The third-order valence-corrected chi connectivity index (χ3v) is 4.64. The van der Waals surface area contributed by atoms with E-state index in [0.29, 0.717) is 11.3 Å². The van der Waals surface area contributed by atoms with Crippen LogP contribution < -0.4 is 11.5 Å². The Labute approximate surface area is 149 Å². The van der Waals surface area contributed by atoms with E-state index in [9.17, 15) is 0 Å². The van der Waals surface area contributed by atoms with Gasteiger partial charge in [0.1, 0.15) is 5.69 Å². The first-order valence-electron chi connectivity index (χ1n) is 8.56. The van der Waals surface area contributed by atoms with Crippen molar-refractivity contribution in [2.24, 2.45) is 0 Å². The molecule has 0 spiro atoms. The van der Waals surface area contributed by atoms with Gasteiger partial charge in [0.15, 0.2) is 5.58 Å². The lowest BCUT2D eigenvalue weighted by atomic mass is 9.79. The average molecular weight is 337 g/mol. The van der Waals surface area contributed by atoms with Crippen LogP contribution in [-0.2, 0) is 10.8 Å². The fourth-order valence-electron chi connectivity index (χ4n) is 2.96. The molecule has 4 N–H and O–H groups in total. The average Bonchev–Trinajstić information content (AvgIpc) is 2.80. The highest BCUT2D eigenvalue weighted by Crippen LogP contribution is 2.40. The van der Waals surface area contributed by atoms with Crippen LogP contribution >= 0.6 is 0 Å². The third-order valence-electron chi connectivity index (χ3n) is 4.64. The SMILES string of the molecule is CC(C)(C)c1cc(-c2cncc3oc(N)c(N)c23)cc(C(C)(C)C)c1. The van der Waals surface area contributed by atoms with Gasteiger partial charge in [0.2, 0.25) is 5.88 Å². The molecule has 0 saturated heterocycles. The molecule has 3 rings (SSSR count). The van der Waals surface area contributed by atoms with E-state index < -0.39 is 0 Å². The lowest BCUT2D eigenvalue weighted by Crippen LogP contribution is -2.16. The molecule has 132 valence electrons. The van der Waals surface area contributed by atoms with E-state index in [1.54, 1.807) is 6.20 Å². The van der Waals surface area contributed by atoms with Crippen molar-refractivity contribution in [3.05, 3.63) is 41.7 Å². The first-order chi connectivity index (χ1) is 11.5. The van der Waals surface area contributed by atoms with Crippen molar-refractivity contribution >= 4 is 22.5 Å². The predicted octanol–water partition coefficient (Wildman–Crippen LogP) is 5.25. The Bertz CT molecular complexity index is 908. The number of benzene rings is 1. The first-order valence-corrected chi connectivity index (χ1v) is 8.56. The molecule has 3 aromatic rings. The second-order valence-corrected chi connectivity index (χ2v) is 8.74. The summed E-state index contributed by atoms with van der Waals surface area (Å²) in [6.45, 7) is 13.3. The number of pyridine rings is 1. The van der Waals surface area contributed by atoms with E-state index in [1.807, 2.05) is 6.20 Å². The predicted molar refractivity (Wildman–Crippen MR) is 106 cm³/mol. The number of nitrogen functional groups attached to an aromatic ring is 2. The molecular formula is C21H27N3O. The van der Waals surface area contributed by atoms with Gasteiger partial charge in [-0.3, -0.25) is 4.98 Å². The smallest absolute Gasteiger partial charge is 0.214 e. The van der Waals surface area contributed by atoms with Crippen molar-refractivity contribution in [3.63, 3.8) is 0 Å². The minimum Gasteiger partial charge on any atom is -0.437 e. The Kier molecular flexibility index (Phi) is 3.82. The Morgan fingerprint density at radius 1 is 0.840 bits per heavy atom. The first kappa shape index (κ1) is 17.3. The molecule has 0 aliphatic heterocycles. The number of nitrogens with zero attached hydrogens (tertiary/aromatic N) is 1. The highest BCUT2D eigenvalue weighted by atomic mass is 16.3. The van der Waals surface area contributed by atoms with Crippen molar-refractivity contribution in [3.8, 4) is 11.1 Å². The van der Waals surface area contributed by atoms with Gasteiger partial charge < -0.3 is 15.9 Å². The van der Waals surface area contributed by atoms with Crippen molar-refractivity contribution in [1.82, 2.24) is 4.98 Å².